The minimum atomic E-state index is -3.18. The number of hydrogen-bond acceptors (Lipinski definition) is 3. The van der Waals surface area contributed by atoms with Crippen LogP contribution >= 0.6 is 0 Å². The van der Waals surface area contributed by atoms with Crippen molar-refractivity contribution in [1.82, 2.24) is 10.0 Å². The Morgan fingerprint density at radius 1 is 1.24 bits per heavy atom. The Bertz CT molecular complexity index is 444. The van der Waals surface area contributed by atoms with Crippen LogP contribution in [0.4, 0.5) is 0 Å². The molecule has 0 aliphatic rings. The van der Waals surface area contributed by atoms with Gasteiger partial charge in [0.2, 0.25) is 10.0 Å². The molecule has 0 saturated heterocycles. The van der Waals surface area contributed by atoms with E-state index in [1.165, 1.54) is 7.05 Å². The SMILES string of the molecule is CCCNCc1cccc(CS(=O)(=O)NC)c1. The lowest BCUT2D eigenvalue weighted by Crippen LogP contribution is -2.20. The van der Waals surface area contributed by atoms with Crippen molar-refractivity contribution in [2.45, 2.75) is 25.6 Å². The van der Waals surface area contributed by atoms with Crippen molar-refractivity contribution in [1.29, 1.82) is 0 Å². The van der Waals surface area contributed by atoms with Gasteiger partial charge in [0.25, 0.3) is 0 Å². The molecule has 0 aliphatic heterocycles. The van der Waals surface area contributed by atoms with E-state index in [2.05, 4.69) is 17.0 Å². The van der Waals surface area contributed by atoms with E-state index in [1.807, 2.05) is 24.3 Å². The standard InChI is InChI=1S/C12H20N2O2S/c1-3-7-14-9-11-5-4-6-12(8-11)10-17(15,16)13-2/h4-6,8,13-14H,3,7,9-10H2,1-2H3. The maximum absolute atomic E-state index is 11.4. The first-order chi connectivity index (χ1) is 8.07. The van der Waals surface area contributed by atoms with Crippen LogP contribution in [0.1, 0.15) is 24.5 Å². The number of nitrogens with one attached hydrogen (secondary N) is 2. The minimum Gasteiger partial charge on any atom is -0.313 e. The molecule has 0 saturated carbocycles. The molecule has 0 aliphatic carbocycles. The highest BCUT2D eigenvalue weighted by atomic mass is 32.2. The molecule has 0 fully saturated rings. The van der Waals surface area contributed by atoms with E-state index in [0.29, 0.717) is 0 Å². The normalized spacial score (nSPS) is 11.6. The van der Waals surface area contributed by atoms with Gasteiger partial charge in [-0.1, -0.05) is 31.2 Å². The van der Waals surface area contributed by atoms with Crippen molar-refractivity contribution < 1.29 is 8.42 Å². The summed E-state index contributed by atoms with van der Waals surface area (Å²) in [4.78, 5) is 0. The van der Waals surface area contributed by atoms with Gasteiger partial charge < -0.3 is 5.32 Å². The first-order valence-corrected chi connectivity index (χ1v) is 7.42. The van der Waals surface area contributed by atoms with E-state index in [4.69, 9.17) is 0 Å². The molecule has 0 amide bonds. The van der Waals surface area contributed by atoms with E-state index in [-0.39, 0.29) is 5.75 Å². The maximum Gasteiger partial charge on any atom is 0.215 e. The first kappa shape index (κ1) is 14.2. The van der Waals surface area contributed by atoms with E-state index >= 15 is 0 Å². The molecule has 0 radical (unpaired) electrons. The smallest absolute Gasteiger partial charge is 0.215 e. The third-order valence-corrected chi connectivity index (χ3v) is 3.75. The fourth-order valence-corrected chi connectivity index (χ4v) is 2.29. The highest BCUT2D eigenvalue weighted by molar-refractivity contribution is 7.88. The summed E-state index contributed by atoms with van der Waals surface area (Å²) in [6.45, 7) is 3.86. The summed E-state index contributed by atoms with van der Waals surface area (Å²) < 4.78 is 25.1. The van der Waals surface area contributed by atoms with Crippen molar-refractivity contribution in [3.63, 3.8) is 0 Å². The highest BCUT2D eigenvalue weighted by Crippen LogP contribution is 2.08. The third-order valence-electron chi connectivity index (χ3n) is 2.41. The molecule has 1 aromatic carbocycles. The van der Waals surface area contributed by atoms with Gasteiger partial charge in [0.15, 0.2) is 0 Å². The second-order valence-electron chi connectivity index (χ2n) is 3.96. The molecule has 1 rings (SSSR count). The van der Waals surface area contributed by atoms with Crippen molar-refractivity contribution in [2.24, 2.45) is 0 Å². The molecule has 0 spiro atoms. The van der Waals surface area contributed by atoms with Crippen LogP contribution in [0.15, 0.2) is 24.3 Å². The van der Waals surface area contributed by atoms with E-state index in [1.54, 1.807) is 0 Å². The zero-order valence-electron chi connectivity index (χ0n) is 10.4. The highest BCUT2D eigenvalue weighted by Gasteiger charge is 2.08. The molecular weight excluding hydrogens is 236 g/mol. The summed E-state index contributed by atoms with van der Waals surface area (Å²) in [6.07, 6.45) is 1.09. The quantitative estimate of drug-likeness (QED) is 0.722. The van der Waals surface area contributed by atoms with Gasteiger partial charge in [-0.15, -0.1) is 0 Å². The van der Waals surface area contributed by atoms with Gasteiger partial charge in [-0.25, -0.2) is 13.1 Å². The van der Waals surface area contributed by atoms with Gasteiger partial charge in [-0.3, -0.25) is 0 Å². The number of sulfonamides is 1. The van der Waals surface area contributed by atoms with Crippen LogP contribution < -0.4 is 10.0 Å². The fourth-order valence-electron chi connectivity index (χ4n) is 1.53. The van der Waals surface area contributed by atoms with Crippen molar-refractivity contribution in [3.8, 4) is 0 Å². The fraction of sp³-hybridized carbons (Fsp3) is 0.500. The molecule has 96 valence electrons. The lowest BCUT2D eigenvalue weighted by Gasteiger charge is -2.06. The van der Waals surface area contributed by atoms with Gasteiger partial charge in [-0.2, -0.15) is 0 Å². The topological polar surface area (TPSA) is 58.2 Å². The van der Waals surface area contributed by atoms with Gasteiger partial charge in [-0.05, 0) is 31.1 Å². The molecule has 4 nitrogen and oxygen atoms in total. The van der Waals surface area contributed by atoms with Gasteiger partial charge >= 0.3 is 0 Å². The monoisotopic (exact) mass is 256 g/mol. The molecule has 0 heterocycles. The lowest BCUT2D eigenvalue weighted by molar-refractivity contribution is 0.587. The number of rotatable bonds is 7. The summed E-state index contributed by atoms with van der Waals surface area (Å²) in [5, 5.41) is 3.29. The van der Waals surface area contributed by atoms with Crippen LogP contribution in [0.3, 0.4) is 0 Å². The lowest BCUT2D eigenvalue weighted by atomic mass is 10.1. The minimum absolute atomic E-state index is 0.0329. The van der Waals surface area contributed by atoms with Crippen molar-refractivity contribution in [2.75, 3.05) is 13.6 Å². The maximum atomic E-state index is 11.4. The molecular formula is C12H20N2O2S. The van der Waals surface area contributed by atoms with Crippen LogP contribution in [0.2, 0.25) is 0 Å². The molecule has 1 aromatic rings. The molecule has 5 heteroatoms. The first-order valence-electron chi connectivity index (χ1n) is 5.77. The Balaban J connectivity index is 2.66. The van der Waals surface area contributed by atoms with E-state index in [9.17, 15) is 8.42 Å². The number of hydrogen-bond donors (Lipinski definition) is 2. The molecule has 17 heavy (non-hydrogen) atoms. The zero-order chi connectivity index (χ0) is 12.7. The Labute approximate surface area is 103 Å². The molecule has 2 N–H and O–H groups in total. The van der Waals surface area contributed by atoms with Crippen molar-refractivity contribution in [3.05, 3.63) is 35.4 Å². The van der Waals surface area contributed by atoms with Crippen LogP contribution in [-0.4, -0.2) is 22.0 Å². The predicted molar refractivity (Wildman–Crippen MR) is 70.1 cm³/mol. The van der Waals surface area contributed by atoms with Crippen LogP contribution in [0.5, 0.6) is 0 Å². The molecule has 0 unspecified atom stereocenters. The summed E-state index contributed by atoms with van der Waals surface area (Å²) in [7, 11) is -1.75. The average Bonchev–Trinajstić information content (AvgIpc) is 2.29. The van der Waals surface area contributed by atoms with Crippen molar-refractivity contribution >= 4 is 10.0 Å². The molecule has 0 aromatic heterocycles. The van der Waals surface area contributed by atoms with Crippen LogP contribution in [0, 0.1) is 0 Å². The Hall–Kier alpha value is -0.910. The summed E-state index contributed by atoms with van der Waals surface area (Å²) >= 11 is 0. The third kappa shape index (κ3) is 5.30. The van der Waals surface area contributed by atoms with Crippen LogP contribution in [-0.2, 0) is 22.3 Å². The molecule has 0 bridgehead atoms. The Morgan fingerprint density at radius 3 is 2.59 bits per heavy atom. The predicted octanol–water partition coefficient (Wildman–Crippen LogP) is 1.24. The summed E-state index contributed by atoms with van der Waals surface area (Å²) in [5.41, 5.74) is 1.93. The Morgan fingerprint density at radius 2 is 1.94 bits per heavy atom. The van der Waals surface area contributed by atoms with E-state index in [0.717, 1.165) is 30.6 Å². The second kappa shape index (κ2) is 6.74. The molecule has 0 atom stereocenters. The van der Waals surface area contributed by atoms with Gasteiger partial charge in [0, 0.05) is 6.54 Å². The summed E-state index contributed by atoms with van der Waals surface area (Å²) in [5.74, 6) is 0.0329. The Kier molecular flexibility index (Phi) is 5.61. The summed E-state index contributed by atoms with van der Waals surface area (Å²) in [6, 6.07) is 7.65. The zero-order valence-corrected chi connectivity index (χ0v) is 11.2. The van der Waals surface area contributed by atoms with Crippen LogP contribution in [0.25, 0.3) is 0 Å². The van der Waals surface area contributed by atoms with E-state index < -0.39 is 10.0 Å². The van der Waals surface area contributed by atoms with Gasteiger partial charge in [0.05, 0.1) is 5.75 Å². The largest absolute Gasteiger partial charge is 0.313 e. The van der Waals surface area contributed by atoms with Gasteiger partial charge in [0.1, 0.15) is 0 Å². The second-order valence-corrected chi connectivity index (χ2v) is 5.89. The number of benzene rings is 1. The average molecular weight is 256 g/mol.